The molecule has 2 aromatic rings. The summed E-state index contributed by atoms with van der Waals surface area (Å²) >= 11 is 1.82. The van der Waals surface area contributed by atoms with Gasteiger partial charge in [-0.1, -0.05) is 25.0 Å². The summed E-state index contributed by atoms with van der Waals surface area (Å²) in [6.07, 6.45) is 5.21. The molecule has 0 bridgehead atoms. The van der Waals surface area contributed by atoms with Crippen molar-refractivity contribution in [2.75, 3.05) is 13.6 Å². The van der Waals surface area contributed by atoms with Gasteiger partial charge in [0.05, 0.1) is 16.3 Å². The molecule has 1 heterocycles. The third-order valence-corrected chi connectivity index (χ3v) is 6.18. The van der Waals surface area contributed by atoms with Crippen LogP contribution in [0, 0.1) is 5.92 Å². The van der Waals surface area contributed by atoms with Crippen LogP contribution in [0.2, 0.25) is 0 Å². The van der Waals surface area contributed by atoms with Crippen molar-refractivity contribution in [1.82, 2.24) is 9.88 Å². The Morgan fingerprint density at radius 3 is 2.86 bits per heavy atom. The average Bonchev–Trinajstić information content (AvgIpc) is 2.97. The zero-order valence-corrected chi connectivity index (χ0v) is 13.8. The van der Waals surface area contributed by atoms with Crippen LogP contribution >= 0.6 is 11.3 Å². The van der Waals surface area contributed by atoms with E-state index in [9.17, 15) is 0 Å². The molecule has 1 aliphatic rings. The second kappa shape index (κ2) is 6.42. The molecular formula is C17H25N3S. The summed E-state index contributed by atoms with van der Waals surface area (Å²) < 4.78 is 1.28. The number of thiazole rings is 1. The Balaban J connectivity index is 1.81. The molecule has 114 valence electrons. The second-order valence-electron chi connectivity index (χ2n) is 6.21. The van der Waals surface area contributed by atoms with Crippen molar-refractivity contribution in [2.45, 2.75) is 44.7 Å². The van der Waals surface area contributed by atoms with Crippen molar-refractivity contribution >= 4 is 21.6 Å². The molecule has 0 amide bonds. The van der Waals surface area contributed by atoms with Gasteiger partial charge >= 0.3 is 0 Å². The van der Waals surface area contributed by atoms with E-state index in [0.29, 0.717) is 18.0 Å². The van der Waals surface area contributed by atoms with Gasteiger partial charge in [0, 0.05) is 6.04 Å². The molecule has 2 N–H and O–H groups in total. The number of para-hydroxylation sites is 1. The lowest BCUT2D eigenvalue weighted by molar-refractivity contribution is 0.0989. The van der Waals surface area contributed by atoms with E-state index in [-0.39, 0.29) is 0 Å². The molecule has 1 aromatic carbocycles. The zero-order valence-electron chi connectivity index (χ0n) is 13.0. The first-order valence-corrected chi connectivity index (χ1v) is 8.80. The normalized spacial score (nSPS) is 24.6. The Morgan fingerprint density at radius 2 is 2.10 bits per heavy atom. The predicted octanol–water partition coefficient (Wildman–Crippen LogP) is 3.81. The molecule has 4 heteroatoms. The second-order valence-corrected chi connectivity index (χ2v) is 7.27. The Morgan fingerprint density at radius 1 is 1.33 bits per heavy atom. The first-order chi connectivity index (χ1) is 10.2. The molecule has 0 radical (unpaired) electrons. The number of fused-ring (bicyclic) bond motifs is 1. The highest BCUT2D eigenvalue weighted by Gasteiger charge is 2.31. The lowest BCUT2D eigenvalue weighted by Gasteiger charge is -2.40. The third kappa shape index (κ3) is 2.98. The fraction of sp³-hybridized carbons (Fsp3) is 0.588. The number of benzene rings is 1. The molecule has 1 fully saturated rings. The molecule has 21 heavy (non-hydrogen) atoms. The van der Waals surface area contributed by atoms with Crippen LogP contribution in [0.5, 0.6) is 0 Å². The van der Waals surface area contributed by atoms with Crippen LogP contribution in [0.25, 0.3) is 10.2 Å². The van der Waals surface area contributed by atoms with E-state index >= 15 is 0 Å². The molecule has 1 saturated carbocycles. The summed E-state index contributed by atoms with van der Waals surface area (Å²) in [6.45, 7) is 3.08. The highest BCUT2D eigenvalue weighted by Crippen LogP contribution is 2.34. The number of hydrogen-bond acceptors (Lipinski definition) is 4. The Bertz CT molecular complexity index is 561. The van der Waals surface area contributed by atoms with Crippen molar-refractivity contribution in [3.8, 4) is 0 Å². The van der Waals surface area contributed by atoms with Crippen LogP contribution in [-0.2, 0) is 0 Å². The van der Waals surface area contributed by atoms with E-state index < -0.39 is 0 Å². The van der Waals surface area contributed by atoms with Gasteiger partial charge in [-0.2, -0.15) is 0 Å². The van der Waals surface area contributed by atoms with E-state index in [2.05, 4.69) is 43.1 Å². The summed E-state index contributed by atoms with van der Waals surface area (Å²) in [4.78, 5) is 7.33. The number of hydrogen-bond donors (Lipinski definition) is 1. The molecule has 3 unspecified atom stereocenters. The number of rotatable bonds is 4. The van der Waals surface area contributed by atoms with Crippen LogP contribution in [0.3, 0.4) is 0 Å². The van der Waals surface area contributed by atoms with E-state index in [4.69, 9.17) is 10.7 Å². The quantitative estimate of drug-likeness (QED) is 0.934. The molecule has 0 aliphatic heterocycles. The highest BCUT2D eigenvalue weighted by atomic mass is 32.1. The molecule has 0 saturated heterocycles. The van der Waals surface area contributed by atoms with Crippen molar-refractivity contribution < 1.29 is 0 Å². The monoisotopic (exact) mass is 303 g/mol. The molecule has 1 aliphatic carbocycles. The molecule has 3 nitrogen and oxygen atoms in total. The fourth-order valence-corrected chi connectivity index (χ4v) is 4.60. The standard InChI is InChI=1S/C17H25N3S/c1-12(17-19-14-8-4-6-10-16(14)21-17)20(2)15-9-5-3-7-13(15)11-18/h4,6,8,10,12-13,15H,3,5,7,9,11,18H2,1-2H3. The summed E-state index contributed by atoms with van der Waals surface area (Å²) in [5.74, 6) is 0.639. The Kier molecular flexibility index (Phi) is 4.57. The summed E-state index contributed by atoms with van der Waals surface area (Å²) in [6, 6.07) is 9.37. The van der Waals surface area contributed by atoms with E-state index in [1.807, 2.05) is 11.3 Å². The maximum absolute atomic E-state index is 5.99. The van der Waals surface area contributed by atoms with E-state index in [0.717, 1.165) is 12.1 Å². The first-order valence-electron chi connectivity index (χ1n) is 7.98. The van der Waals surface area contributed by atoms with Gasteiger partial charge < -0.3 is 5.73 Å². The minimum atomic E-state index is 0.361. The van der Waals surface area contributed by atoms with E-state index in [1.54, 1.807) is 0 Å². The maximum atomic E-state index is 5.99. The van der Waals surface area contributed by atoms with Crippen LogP contribution in [-0.4, -0.2) is 29.5 Å². The molecular weight excluding hydrogens is 278 g/mol. The molecule has 3 rings (SSSR count). The van der Waals surface area contributed by atoms with Gasteiger partial charge in [0.2, 0.25) is 0 Å². The van der Waals surface area contributed by atoms with Crippen molar-refractivity contribution in [3.63, 3.8) is 0 Å². The van der Waals surface area contributed by atoms with Gasteiger partial charge in [0.1, 0.15) is 5.01 Å². The molecule has 0 spiro atoms. The van der Waals surface area contributed by atoms with Crippen molar-refractivity contribution in [1.29, 1.82) is 0 Å². The topological polar surface area (TPSA) is 42.2 Å². The fourth-order valence-electron chi connectivity index (χ4n) is 3.53. The Hall–Kier alpha value is -0.970. The van der Waals surface area contributed by atoms with Gasteiger partial charge in [-0.25, -0.2) is 4.98 Å². The zero-order chi connectivity index (χ0) is 14.8. The van der Waals surface area contributed by atoms with Crippen molar-refractivity contribution in [3.05, 3.63) is 29.3 Å². The summed E-state index contributed by atoms with van der Waals surface area (Å²) in [5.41, 5.74) is 7.11. The molecule has 1 aromatic heterocycles. The van der Waals surface area contributed by atoms with Gasteiger partial charge in [-0.05, 0) is 51.4 Å². The minimum absolute atomic E-state index is 0.361. The lowest BCUT2D eigenvalue weighted by Crippen LogP contribution is -2.44. The third-order valence-electron chi connectivity index (χ3n) is 4.97. The van der Waals surface area contributed by atoms with Crippen molar-refractivity contribution in [2.24, 2.45) is 11.7 Å². The number of aromatic nitrogens is 1. The largest absolute Gasteiger partial charge is 0.330 e. The van der Waals surface area contributed by atoms with Gasteiger partial charge in [0.25, 0.3) is 0 Å². The predicted molar refractivity (Wildman–Crippen MR) is 90.6 cm³/mol. The van der Waals surface area contributed by atoms with Crippen LogP contribution in [0.4, 0.5) is 0 Å². The van der Waals surface area contributed by atoms with E-state index in [1.165, 1.54) is 35.4 Å². The first kappa shape index (κ1) is 14.9. The van der Waals surface area contributed by atoms with Crippen LogP contribution < -0.4 is 5.73 Å². The smallest absolute Gasteiger partial charge is 0.111 e. The van der Waals surface area contributed by atoms with Gasteiger partial charge in [-0.3, -0.25) is 4.90 Å². The molecule has 3 atom stereocenters. The van der Waals surface area contributed by atoms with Crippen LogP contribution in [0.1, 0.15) is 43.7 Å². The minimum Gasteiger partial charge on any atom is -0.330 e. The SMILES string of the molecule is CC(c1nc2ccccc2s1)N(C)C1CCCCC1CN. The highest BCUT2D eigenvalue weighted by molar-refractivity contribution is 7.18. The van der Waals surface area contributed by atoms with Gasteiger partial charge in [0.15, 0.2) is 0 Å². The lowest BCUT2D eigenvalue weighted by atomic mass is 9.83. The number of nitrogens with two attached hydrogens (primary N) is 1. The van der Waals surface area contributed by atoms with Crippen LogP contribution in [0.15, 0.2) is 24.3 Å². The maximum Gasteiger partial charge on any atom is 0.111 e. The summed E-state index contributed by atoms with van der Waals surface area (Å²) in [7, 11) is 2.25. The Labute approximate surface area is 131 Å². The average molecular weight is 303 g/mol. The van der Waals surface area contributed by atoms with Gasteiger partial charge in [-0.15, -0.1) is 11.3 Å². The number of nitrogens with zero attached hydrogens (tertiary/aromatic N) is 2. The summed E-state index contributed by atoms with van der Waals surface area (Å²) in [5, 5.41) is 1.22.